The Labute approximate surface area is 246 Å². The number of amides is 1. The maximum absolute atomic E-state index is 15.9. The number of allylic oxidation sites excluding steroid dienone is 6. The highest BCUT2D eigenvalue weighted by Crippen LogP contribution is 2.43. The van der Waals surface area contributed by atoms with Crippen LogP contribution >= 0.6 is 0 Å². The molecule has 0 atom stereocenters. The van der Waals surface area contributed by atoms with Crippen molar-refractivity contribution in [3.05, 3.63) is 87.6 Å². The number of hydrogen-bond acceptors (Lipinski definition) is 9. The summed E-state index contributed by atoms with van der Waals surface area (Å²) in [4.78, 5) is 55.4. The van der Waals surface area contributed by atoms with Crippen LogP contribution in [0.1, 0.15) is 56.5 Å². The molecule has 11 nitrogen and oxygen atoms in total. The van der Waals surface area contributed by atoms with E-state index in [4.69, 9.17) is 0 Å². The topological polar surface area (TPSA) is 125 Å². The van der Waals surface area contributed by atoms with Crippen LogP contribution in [0, 0.1) is 0 Å². The van der Waals surface area contributed by atoms with Gasteiger partial charge < -0.3 is 9.80 Å². The van der Waals surface area contributed by atoms with E-state index in [1.54, 1.807) is 9.80 Å². The Bertz CT molecular complexity index is 1690. The number of nitrogens with zero attached hydrogens (tertiary/aromatic N) is 7. The van der Waals surface area contributed by atoms with E-state index in [0.29, 0.717) is 16.5 Å². The van der Waals surface area contributed by atoms with E-state index in [-0.39, 0.29) is 66.8 Å². The number of rotatable bonds is 5. The van der Waals surface area contributed by atoms with Gasteiger partial charge in [-0.15, -0.1) is 0 Å². The normalized spacial score (nSPS) is 18.7. The van der Waals surface area contributed by atoms with Crippen molar-refractivity contribution >= 4 is 29.4 Å². The molecule has 2 aromatic rings. The van der Waals surface area contributed by atoms with Crippen LogP contribution in [-0.4, -0.2) is 67.5 Å². The van der Waals surface area contributed by atoms with Crippen molar-refractivity contribution in [3.8, 4) is 5.69 Å². The highest BCUT2D eigenvalue weighted by atomic mass is 19.1. The van der Waals surface area contributed by atoms with E-state index < -0.39 is 34.4 Å². The first-order valence-corrected chi connectivity index (χ1v) is 13.8. The Morgan fingerprint density at radius 1 is 1.02 bits per heavy atom. The smallest absolute Gasteiger partial charge is 0.352 e. The summed E-state index contributed by atoms with van der Waals surface area (Å²) in [5.74, 6) is -3.88. The van der Waals surface area contributed by atoms with E-state index >= 15 is 8.78 Å². The third-order valence-electron chi connectivity index (χ3n) is 7.47. The Balaban J connectivity index is 1.82. The molecule has 0 spiro atoms. The second kappa shape index (κ2) is 11.5. The monoisotopic (exact) mass is 591 g/mol. The predicted molar refractivity (Wildman–Crippen MR) is 156 cm³/mol. The SMILES string of the molecule is C=CC(=O)N1CCN(c2nc(=O)n(-c3c(C(C)C)ncnc3C(C)C)c3c2C=C(F)/C(=C2/C(=O)C=CC=C2F)N3O)CC1. The second-order valence-electron chi connectivity index (χ2n) is 10.9. The van der Waals surface area contributed by atoms with Crippen molar-refractivity contribution in [1.82, 2.24) is 24.4 Å². The lowest BCUT2D eigenvalue weighted by atomic mass is 9.98. The van der Waals surface area contributed by atoms with E-state index in [0.717, 1.165) is 22.8 Å². The Morgan fingerprint density at radius 3 is 2.21 bits per heavy atom. The van der Waals surface area contributed by atoms with Gasteiger partial charge in [0, 0.05) is 26.2 Å². The van der Waals surface area contributed by atoms with Crippen molar-refractivity contribution in [2.24, 2.45) is 0 Å². The summed E-state index contributed by atoms with van der Waals surface area (Å²) < 4.78 is 32.0. The minimum atomic E-state index is -1.11. The quantitative estimate of drug-likeness (QED) is 0.516. The molecular formula is C30H31F2N7O4. The minimum Gasteiger partial charge on any atom is -0.352 e. The number of fused-ring (bicyclic) bond motifs is 1. The van der Waals surface area contributed by atoms with Gasteiger partial charge in [-0.1, -0.05) is 40.3 Å². The van der Waals surface area contributed by atoms with E-state index in [1.807, 2.05) is 27.7 Å². The molecule has 13 heteroatoms. The molecule has 43 heavy (non-hydrogen) atoms. The number of carbonyl (C=O) groups is 2. The number of aromatic nitrogens is 4. The summed E-state index contributed by atoms with van der Waals surface area (Å²) in [5.41, 5.74) is -1.08. The molecule has 1 amide bonds. The van der Waals surface area contributed by atoms with Gasteiger partial charge in [0.05, 0.1) is 28.2 Å². The van der Waals surface area contributed by atoms with E-state index in [1.165, 1.54) is 18.5 Å². The van der Waals surface area contributed by atoms with Gasteiger partial charge in [0.15, 0.2) is 17.4 Å². The molecule has 0 unspecified atom stereocenters. The lowest BCUT2D eigenvalue weighted by Crippen LogP contribution is -2.49. The maximum Gasteiger partial charge on any atom is 0.355 e. The number of halogens is 2. The molecule has 4 heterocycles. The molecule has 5 rings (SSSR count). The summed E-state index contributed by atoms with van der Waals surface area (Å²) in [5, 5.41) is 12.0. The molecule has 1 fully saturated rings. The Hall–Kier alpha value is -4.78. The third-order valence-corrected chi connectivity index (χ3v) is 7.47. The molecule has 0 radical (unpaired) electrons. The predicted octanol–water partition coefficient (Wildman–Crippen LogP) is 3.87. The zero-order valence-corrected chi connectivity index (χ0v) is 24.2. The average Bonchev–Trinajstić information content (AvgIpc) is 2.97. The first-order chi connectivity index (χ1) is 20.5. The largest absolute Gasteiger partial charge is 0.355 e. The van der Waals surface area contributed by atoms with Crippen LogP contribution in [0.25, 0.3) is 11.8 Å². The van der Waals surface area contributed by atoms with Gasteiger partial charge in [-0.2, -0.15) is 4.98 Å². The molecule has 1 N–H and O–H groups in total. The van der Waals surface area contributed by atoms with Gasteiger partial charge in [-0.3, -0.25) is 14.8 Å². The fourth-order valence-electron chi connectivity index (χ4n) is 5.40. The Kier molecular flexibility index (Phi) is 7.93. The number of ketones is 1. The first-order valence-electron chi connectivity index (χ1n) is 13.8. The van der Waals surface area contributed by atoms with Crippen LogP contribution in [0.15, 0.2) is 64.9 Å². The van der Waals surface area contributed by atoms with Gasteiger partial charge in [0.25, 0.3) is 0 Å². The molecule has 1 saturated heterocycles. The highest BCUT2D eigenvalue weighted by molar-refractivity contribution is 6.10. The number of hydrogen-bond donors (Lipinski definition) is 1. The summed E-state index contributed by atoms with van der Waals surface area (Å²) in [6, 6.07) is 0. The van der Waals surface area contributed by atoms with Gasteiger partial charge >= 0.3 is 5.69 Å². The fourth-order valence-corrected chi connectivity index (χ4v) is 5.40. The third kappa shape index (κ3) is 5.09. The summed E-state index contributed by atoms with van der Waals surface area (Å²) >= 11 is 0. The Morgan fingerprint density at radius 2 is 1.65 bits per heavy atom. The number of piperazine rings is 1. The second-order valence-corrected chi connectivity index (χ2v) is 10.9. The van der Waals surface area contributed by atoms with E-state index in [9.17, 15) is 19.6 Å². The average molecular weight is 592 g/mol. The van der Waals surface area contributed by atoms with Crippen molar-refractivity contribution in [2.75, 3.05) is 36.1 Å². The number of anilines is 2. The molecule has 2 aliphatic heterocycles. The van der Waals surface area contributed by atoms with Crippen LogP contribution in [-0.2, 0) is 9.59 Å². The zero-order valence-electron chi connectivity index (χ0n) is 24.2. The van der Waals surface area contributed by atoms with Crippen molar-refractivity contribution in [1.29, 1.82) is 0 Å². The molecule has 224 valence electrons. The van der Waals surface area contributed by atoms with Crippen LogP contribution in [0.5, 0.6) is 0 Å². The van der Waals surface area contributed by atoms with Crippen molar-refractivity contribution < 1.29 is 23.6 Å². The van der Waals surface area contributed by atoms with Gasteiger partial charge in [0.1, 0.15) is 23.7 Å². The van der Waals surface area contributed by atoms with Crippen LogP contribution in [0.4, 0.5) is 20.4 Å². The molecule has 0 bridgehead atoms. The molecule has 3 aliphatic rings. The number of hydroxylamine groups is 1. The fraction of sp³-hybridized carbons (Fsp3) is 0.333. The van der Waals surface area contributed by atoms with Crippen LogP contribution in [0.2, 0.25) is 0 Å². The zero-order chi connectivity index (χ0) is 31.2. The molecule has 0 aromatic carbocycles. The van der Waals surface area contributed by atoms with E-state index in [2.05, 4.69) is 21.5 Å². The highest BCUT2D eigenvalue weighted by Gasteiger charge is 2.38. The summed E-state index contributed by atoms with van der Waals surface area (Å²) in [7, 11) is 0. The molecular weight excluding hydrogens is 560 g/mol. The van der Waals surface area contributed by atoms with Crippen LogP contribution in [0.3, 0.4) is 0 Å². The van der Waals surface area contributed by atoms with Crippen molar-refractivity contribution in [2.45, 2.75) is 39.5 Å². The van der Waals surface area contributed by atoms with Crippen molar-refractivity contribution in [3.63, 3.8) is 0 Å². The summed E-state index contributed by atoms with van der Waals surface area (Å²) in [6.45, 7) is 12.1. The molecule has 0 saturated carbocycles. The molecule has 1 aliphatic carbocycles. The van der Waals surface area contributed by atoms with Gasteiger partial charge in [-0.25, -0.2) is 33.2 Å². The minimum absolute atomic E-state index is 0.0175. The van der Waals surface area contributed by atoms with Crippen LogP contribution < -0.4 is 15.7 Å². The number of carbonyl (C=O) groups excluding carboxylic acids is 2. The first kappa shape index (κ1) is 29.7. The standard InChI is InChI=1S/C30H31F2N7O4/c1-6-22(41)36-10-12-37(13-11-36)28-18-14-20(32)26(23-19(31)8-7-9-21(23)40)39(43)29(18)38(30(42)35-28)27-24(16(2)3)33-15-34-25(27)17(4)5/h6-9,14-17,43H,1,10-13H2,2-5H3/b26-23-. The summed E-state index contributed by atoms with van der Waals surface area (Å²) in [6.07, 6.45) is 6.83. The molecule has 2 aromatic heterocycles. The maximum atomic E-state index is 15.9. The van der Waals surface area contributed by atoms with Gasteiger partial charge in [-0.05, 0) is 36.1 Å². The lowest BCUT2D eigenvalue weighted by molar-refractivity contribution is -0.126. The lowest BCUT2D eigenvalue weighted by Gasteiger charge is -2.37. The van der Waals surface area contributed by atoms with Gasteiger partial charge in [0.2, 0.25) is 5.91 Å².